The van der Waals surface area contributed by atoms with Gasteiger partial charge in [-0.2, -0.15) is 13.2 Å². The molecule has 11 heteroatoms. The summed E-state index contributed by atoms with van der Waals surface area (Å²) < 4.78 is 47.9. The lowest BCUT2D eigenvalue weighted by molar-refractivity contribution is -0.137. The summed E-state index contributed by atoms with van der Waals surface area (Å²) in [4.78, 5) is 30.1. The molecule has 0 fully saturated rings. The van der Waals surface area contributed by atoms with Crippen LogP contribution in [0.25, 0.3) is 22.0 Å². The van der Waals surface area contributed by atoms with Crippen LogP contribution in [-0.2, 0) is 25.6 Å². The number of alkyl halides is 3. The maximum atomic E-state index is 13.5. The van der Waals surface area contributed by atoms with Gasteiger partial charge in [0.2, 0.25) is 0 Å². The molecular weight excluding hydrogens is 613 g/mol. The van der Waals surface area contributed by atoms with E-state index in [2.05, 4.69) is 20.9 Å². The number of carboxylic acids is 1. The minimum atomic E-state index is -4.59. The number of aryl methyl sites for hydroxylation is 2. The van der Waals surface area contributed by atoms with Gasteiger partial charge in [0.25, 0.3) is 5.56 Å². The highest BCUT2D eigenvalue weighted by Gasteiger charge is 2.32. The monoisotopic (exact) mass is 634 g/mol. The van der Waals surface area contributed by atoms with Gasteiger partial charge in [0.15, 0.2) is 0 Å². The molecule has 0 radical (unpaired) electrons. The second-order valence-corrected chi connectivity index (χ2v) is 10.9. The number of hydrogen-bond acceptors (Lipinski definition) is 4. The first kappa shape index (κ1) is 28.2. The molecule has 40 heavy (non-hydrogen) atoms. The van der Waals surface area contributed by atoms with E-state index in [0.29, 0.717) is 65.4 Å². The van der Waals surface area contributed by atoms with E-state index < -0.39 is 23.3 Å². The summed E-state index contributed by atoms with van der Waals surface area (Å²) in [5.74, 6) is -0.221. The van der Waals surface area contributed by atoms with Crippen molar-refractivity contribution in [2.75, 3.05) is 6.61 Å². The summed E-state index contributed by atoms with van der Waals surface area (Å²) >= 11 is 9.40. The highest BCUT2D eigenvalue weighted by Crippen LogP contribution is 2.36. The number of carbonyl (C=O) groups is 1. The largest absolute Gasteiger partial charge is 0.491 e. The molecule has 3 aromatic carbocycles. The molecule has 1 N–H and O–H groups in total. The molecule has 0 saturated carbocycles. The van der Waals surface area contributed by atoms with E-state index in [1.54, 1.807) is 30.3 Å². The molecule has 0 spiro atoms. The smallest absolute Gasteiger partial charge is 0.416 e. The molecular formula is C29H23BrClF3N2O4. The fourth-order valence-electron chi connectivity index (χ4n) is 4.97. The second kappa shape index (κ2) is 11.2. The number of benzene rings is 3. The number of ether oxygens (including phenoxy) is 1. The molecule has 0 atom stereocenters. The third-order valence-corrected chi connectivity index (χ3v) is 7.79. The van der Waals surface area contributed by atoms with Gasteiger partial charge in [-0.05, 0) is 82.7 Å². The molecule has 0 unspecified atom stereocenters. The third-order valence-electron chi connectivity index (χ3n) is 6.93. The Balaban J connectivity index is 1.59. The van der Waals surface area contributed by atoms with Gasteiger partial charge in [-0.25, -0.2) is 9.78 Å². The van der Waals surface area contributed by atoms with Gasteiger partial charge in [0.05, 0.1) is 28.6 Å². The number of rotatable bonds is 1. The second-order valence-electron chi connectivity index (χ2n) is 9.56. The summed E-state index contributed by atoms with van der Waals surface area (Å²) in [5, 5.41) is 10.4. The molecule has 0 amide bonds. The minimum absolute atomic E-state index is 0.0235. The standard InChI is InChI=1S/C29H23BrClF3N2O4/c30-22-13-18(29(32,33)34)14-23-26(22)27(37)36-10-11-40-24-9-8-19(31)15-20(24)17-7-6-16(21(12-17)28(38)39)4-2-1-3-5-25(36)35-23/h6-9,12-15H,1-5,10-11H2,(H,38,39). The number of aromatic nitrogens is 2. The highest BCUT2D eigenvalue weighted by atomic mass is 79.9. The van der Waals surface area contributed by atoms with Gasteiger partial charge in [-0.15, -0.1) is 0 Å². The van der Waals surface area contributed by atoms with Crippen molar-refractivity contribution in [1.82, 2.24) is 9.55 Å². The van der Waals surface area contributed by atoms with Crippen molar-refractivity contribution in [2.45, 2.75) is 44.8 Å². The first-order valence-corrected chi connectivity index (χ1v) is 13.8. The number of aromatic carboxylic acids is 1. The Kier molecular flexibility index (Phi) is 7.92. The van der Waals surface area contributed by atoms with Crippen molar-refractivity contribution in [1.29, 1.82) is 0 Å². The zero-order valence-electron chi connectivity index (χ0n) is 21.0. The topological polar surface area (TPSA) is 81.4 Å². The molecule has 6 rings (SSSR count). The predicted molar refractivity (Wildman–Crippen MR) is 149 cm³/mol. The highest BCUT2D eigenvalue weighted by molar-refractivity contribution is 9.10. The fraction of sp³-hybridized carbons (Fsp3) is 0.276. The fourth-order valence-corrected chi connectivity index (χ4v) is 5.76. The average Bonchev–Trinajstić information content (AvgIpc) is 2.89. The lowest BCUT2D eigenvalue weighted by Gasteiger charge is -2.18. The Morgan fingerprint density at radius 2 is 1.82 bits per heavy atom. The van der Waals surface area contributed by atoms with Gasteiger partial charge >= 0.3 is 12.1 Å². The quantitative estimate of drug-likeness (QED) is 0.234. The van der Waals surface area contributed by atoms with Crippen molar-refractivity contribution in [3.05, 3.63) is 90.9 Å². The summed E-state index contributed by atoms with van der Waals surface area (Å²) in [5.41, 5.74) is 0.738. The molecule has 3 heterocycles. The molecule has 0 aliphatic carbocycles. The maximum Gasteiger partial charge on any atom is 0.416 e. The lowest BCUT2D eigenvalue weighted by Crippen LogP contribution is -2.28. The molecule has 2 aliphatic heterocycles. The first-order valence-electron chi connectivity index (χ1n) is 12.6. The summed E-state index contributed by atoms with van der Waals surface area (Å²) in [6, 6.07) is 12.1. The third kappa shape index (κ3) is 5.74. The van der Waals surface area contributed by atoms with Crippen LogP contribution in [0, 0.1) is 0 Å². The molecule has 2 bridgehead atoms. The van der Waals surface area contributed by atoms with E-state index in [9.17, 15) is 27.9 Å². The summed E-state index contributed by atoms with van der Waals surface area (Å²) in [6.07, 6.45) is -1.70. The zero-order chi connectivity index (χ0) is 28.6. The van der Waals surface area contributed by atoms with E-state index in [-0.39, 0.29) is 34.1 Å². The number of hydrogen-bond donors (Lipinski definition) is 1. The van der Waals surface area contributed by atoms with Crippen molar-refractivity contribution >= 4 is 44.4 Å². The van der Waals surface area contributed by atoms with Crippen molar-refractivity contribution in [2.24, 2.45) is 0 Å². The SMILES string of the molecule is O=C(O)c1cc2ccc1CCCCCc1nc3cc(C(F)(F)F)cc(Br)c3c(=O)n1CCOc1ccc(Cl)cc1-2. The van der Waals surface area contributed by atoms with Gasteiger partial charge in [-0.3, -0.25) is 9.36 Å². The van der Waals surface area contributed by atoms with Crippen LogP contribution in [-0.4, -0.2) is 27.2 Å². The van der Waals surface area contributed by atoms with Crippen LogP contribution in [0.1, 0.15) is 46.6 Å². The number of carboxylic acid groups (broad SMARTS) is 1. The van der Waals surface area contributed by atoms with Crippen molar-refractivity contribution in [3.63, 3.8) is 0 Å². The number of fused-ring (bicyclic) bond motifs is 9. The van der Waals surface area contributed by atoms with E-state index in [0.717, 1.165) is 12.1 Å². The van der Waals surface area contributed by atoms with Crippen LogP contribution in [0.15, 0.2) is 57.8 Å². The van der Waals surface area contributed by atoms with Crippen molar-refractivity contribution < 1.29 is 27.8 Å². The number of nitrogens with zero attached hydrogens (tertiary/aromatic N) is 2. The molecule has 4 aromatic rings. The predicted octanol–water partition coefficient (Wildman–Crippen LogP) is 7.54. The molecule has 2 aliphatic rings. The van der Waals surface area contributed by atoms with Gasteiger partial charge in [-0.1, -0.05) is 30.2 Å². The first-order chi connectivity index (χ1) is 19.0. The Morgan fingerprint density at radius 1 is 1.05 bits per heavy atom. The van der Waals surface area contributed by atoms with Gasteiger partial charge < -0.3 is 9.84 Å². The van der Waals surface area contributed by atoms with Gasteiger partial charge in [0.1, 0.15) is 18.2 Å². The molecule has 1 aromatic heterocycles. The van der Waals surface area contributed by atoms with Crippen LogP contribution in [0.4, 0.5) is 13.2 Å². The van der Waals surface area contributed by atoms with Crippen LogP contribution >= 0.6 is 27.5 Å². The lowest BCUT2D eigenvalue weighted by atomic mass is 9.95. The summed E-state index contributed by atoms with van der Waals surface area (Å²) in [7, 11) is 0. The normalized spacial score (nSPS) is 14.4. The van der Waals surface area contributed by atoms with Crippen molar-refractivity contribution in [3.8, 4) is 16.9 Å². The Labute approximate surface area is 240 Å². The van der Waals surface area contributed by atoms with Crippen LogP contribution in [0.5, 0.6) is 5.75 Å². The molecule has 6 nitrogen and oxygen atoms in total. The van der Waals surface area contributed by atoms with Crippen LogP contribution in [0.2, 0.25) is 5.02 Å². The van der Waals surface area contributed by atoms with E-state index in [4.69, 9.17) is 16.3 Å². The van der Waals surface area contributed by atoms with Crippen LogP contribution < -0.4 is 10.3 Å². The summed E-state index contributed by atoms with van der Waals surface area (Å²) in [6.45, 7) is 0.156. The Bertz CT molecular complexity index is 1690. The average molecular weight is 636 g/mol. The van der Waals surface area contributed by atoms with Crippen LogP contribution in [0.3, 0.4) is 0 Å². The van der Waals surface area contributed by atoms with E-state index in [1.807, 2.05) is 6.07 Å². The molecule has 0 saturated heterocycles. The maximum absolute atomic E-state index is 13.5. The minimum Gasteiger partial charge on any atom is -0.491 e. The Hall–Kier alpha value is -3.37. The van der Waals surface area contributed by atoms with Gasteiger partial charge in [0, 0.05) is 21.5 Å². The van der Waals surface area contributed by atoms with E-state index >= 15 is 0 Å². The molecule has 208 valence electrons. The zero-order valence-corrected chi connectivity index (χ0v) is 23.4. The van der Waals surface area contributed by atoms with E-state index in [1.165, 1.54) is 4.57 Å². The Morgan fingerprint density at radius 3 is 2.58 bits per heavy atom. The number of halogens is 5.